The first-order valence-corrected chi connectivity index (χ1v) is 6.47. The van der Waals surface area contributed by atoms with Crippen molar-refractivity contribution in [1.82, 2.24) is 9.88 Å². The number of aromatic nitrogens is 1. The van der Waals surface area contributed by atoms with Gasteiger partial charge in [0, 0.05) is 37.8 Å². The lowest BCUT2D eigenvalue weighted by Crippen LogP contribution is -2.53. The molecule has 0 aromatic carbocycles. The molecule has 1 amide bonds. The van der Waals surface area contributed by atoms with Gasteiger partial charge in [-0.05, 0) is 24.1 Å². The van der Waals surface area contributed by atoms with E-state index in [4.69, 9.17) is 5.11 Å². The summed E-state index contributed by atoms with van der Waals surface area (Å²) in [5.74, 6) is -0.953. The van der Waals surface area contributed by atoms with Gasteiger partial charge in [0.15, 0.2) is 0 Å². The maximum atomic E-state index is 11.9. The Bertz CT molecular complexity index is 455. The molecular formula is C14H18N2O3. The van der Waals surface area contributed by atoms with E-state index in [1.165, 1.54) is 0 Å². The predicted octanol–water partition coefficient (Wildman–Crippen LogP) is 1.19. The SMILES string of the molecule is CC(C(=O)O)C1CN(C(=O)CCc2ccncc2)C1. The summed E-state index contributed by atoms with van der Waals surface area (Å²) in [6.45, 7) is 2.84. The van der Waals surface area contributed by atoms with Crippen molar-refractivity contribution in [2.75, 3.05) is 13.1 Å². The van der Waals surface area contributed by atoms with Crippen LogP contribution in [-0.4, -0.2) is 40.0 Å². The van der Waals surface area contributed by atoms with E-state index in [0.717, 1.165) is 5.56 Å². The number of rotatable bonds is 5. The van der Waals surface area contributed by atoms with Crippen LogP contribution in [-0.2, 0) is 16.0 Å². The molecule has 0 aliphatic carbocycles. The third-order valence-corrected chi connectivity index (χ3v) is 3.74. The maximum Gasteiger partial charge on any atom is 0.306 e. The highest BCUT2D eigenvalue weighted by Crippen LogP contribution is 2.24. The van der Waals surface area contributed by atoms with Crippen molar-refractivity contribution in [3.63, 3.8) is 0 Å². The second kappa shape index (κ2) is 5.82. The van der Waals surface area contributed by atoms with Crippen LogP contribution in [0.25, 0.3) is 0 Å². The Kier molecular flexibility index (Phi) is 4.14. The molecule has 1 aromatic rings. The summed E-state index contributed by atoms with van der Waals surface area (Å²) in [4.78, 5) is 28.4. The largest absolute Gasteiger partial charge is 0.481 e. The molecule has 1 fully saturated rings. The molecule has 2 rings (SSSR count). The van der Waals surface area contributed by atoms with E-state index < -0.39 is 5.97 Å². The molecule has 0 radical (unpaired) electrons. The van der Waals surface area contributed by atoms with Crippen LogP contribution in [0.15, 0.2) is 24.5 Å². The van der Waals surface area contributed by atoms with Gasteiger partial charge in [0.2, 0.25) is 5.91 Å². The standard InChI is InChI=1S/C14H18N2O3/c1-10(14(18)19)12-8-16(9-12)13(17)3-2-11-4-6-15-7-5-11/h4-7,10,12H,2-3,8-9H2,1H3,(H,18,19). The number of hydrogen-bond donors (Lipinski definition) is 1. The second-order valence-corrected chi connectivity index (χ2v) is 5.04. The summed E-state index contributed by atoms with van der Waals surface area (Å²) >= 11 is 0. The van der Waals surface area contributed by atoms with Crippen molar-refractivity contribution in [3.8, 4) is 0 Å². The Morgan fingerprint density at radius 3 is 2.63 bits per heavy atom. The van der Waals surface area contributed by atoms with E-state index in [0.29, 0.717) is 25.9 Å². The summed E-state index contributed by atoms with van der Waals surface area (Å²) in [5, 5.41) is 8.88. The number of amides is 1. The minimum atomic E-state index is -0.783. The number of carboxylic acid groups (broad SMARTS) is 1. The lowest BCUT2D eigenvalue weighted by molar-refractivity contribution is -0.150. The van der Waals surface area contributed by atoms with E-state index in [2.05, 4.69) is 4.98 Å². The number of carbonyl (C=O) groups is 2. The molecular weight excluding hydrogens is 244 g/mol. The van der Waals surface area contributed by atoms with Gasteiger partial charge in [-0.25, -0.2) is 0 Å². The van der Waals surface area contributed by atoms with Gasteiger partial charge in [-0.3, -0.25) is 14.6 Å². The van der Waals surface area contributed by atoms with Gasteiger partial charge in [-0.15, -0.1) is 0 Å². The summed E-state index contributed by atoms with van der Waals surface area (Å²) in [5.41, 5.74) is 1.10. The Morgan fingerprint density at radius 2 is 2.05 bits per heavy atom. The number of likely N-dealkylation sites (tertiary alicyclic amines) is 1. The molecule has 1 saturated heterocycles. The van der Waals surface area contributed by atoms with Crippen molar-refractivity contribution in [2.45, 2.75) is 19.8 Å². The van der Waals surface area contributed by atoms with Crippen LogP contribution >= 0.6 is 0 Å². The average Bonchev–Trinajstić information content (AvgIpc) is 2.35. The Hall–Kier alpha value is -1.91. The van der Waals surface area contributed by atoms with E-state index in [1.807, 2.05) is 12.1 Å². The minimum Gasteiger partial charge on any atom is -0.481 e. The van der Waals surface area contributed by atoms with E-state index in [1.54, 1.807) is 24.2 Å². The van der Waals surface area contributed by atoms with Crippen molar-refractivity contribution < 1.29 is 14.7 Å². The van der Waals surface area contributed by atoms with Crippen molar-refractivity contribution in [1.29, 1.82) is 0 Å². The monoisotopic (exact) mass is 262 g/mol. The van der Waals surface area contributed by atoms with Gasteiger partial charge < -0.3 is 10.0 Å². The van der Waals surface area contributed by atoms with Gasteiger partial charge in [0.1, 0.15) is 0 Å². The normalized spacial score (nSPS) is 16.8. The fourth-order valence-electron chi connectivity index (χ4n) is 2.19. The number of aryl methyl sites for hydroxylation is 1. The van der Waals surface area contributed by atoms with Crippen LogP contribution in [0, 0.1) is 11.8 Å². The molecule has 5 heteroatoms. The van der Waals surface area contributed by atoms with Gasteiger partial charge in [0.25, 0.3) is 0 Å². The van der Waals surface area contributed by atoms with Crippen molar-refractivity contribution in [2.24, 2.45) is 11.8 Å². The molecule has 1 N–H and O–H groups in total. The summed E-state index contributed by atoms with van der Waals surface area (Å²) in [6, 6.07) is 3.80. The quantitative estimate of drug-likeness (QED) is 0.865. The van der Waals surface area contributed by atoms with Crippen LogP contribution in [0.4, 0.5) is 0 Å². The lowest BCUT2D eigenvalue weighted by Gasteiger charge is -2.41. The summed E-state index contributed by atoms with van der Waals surface area (Å²) in [7, 11) is 0. The first-order valence-electron chi connectivity index (χ1n) is 6.47. The number of carboxylic acids is 1. The molecule has 0 saturated carbocycles. The topological polar surface area (TPSA) is 70.5 Å². The Morgan fingerprint density at radius 1 is 1.42 bits per heavy atom. The Labute approximate surface area is 112 Å². The molecule has 1 aromatic heterocycles. The Balaban J connectivity index is 1.73. The number of carbonyl (C=O) groups excluding carboxylic acids is 1. The zero-order chi connectivity index (χ0) is 13.8. The smallest absolute Gasteiger partial charge is 0.306 e. The predicted molar refractivity (Wildman–Crippen MR) is 69.4 cm³/mol. The molecule has 0 bridgehead atoms. The average molecular weight is 262 g/mol. The van der Waals surface area contributed by atoms with Gasteiger partial charge in [0.05, 0.1) is 5.92 Å². The molecule has 102 valence electrons. The van der Waals surface area contributed by atoms with Crippen LogP contribution in [0.3, 0.4) is 0 Å². The highest BCUT2D eigenvalue weighted by Gasteiger charge is 2.36. The molecule has 1 aliphatic heterocycles. The number of hydrogen-bond acceptors (Lipinski definition) is 3. The molecule has 5 nitrogen and oxygen atoms in total. The summed E-state index contributed by atoms with van der Waals surface area (Å²) < 4.78 is 0. The number of pyridine rings is 1. The molecule has 2 heterocycles. The minimum absolute atomic E-state index is 0.0994. The number of nitrogens with zero attached hydrogens (tertiary/aromatic N) is 2. The van der Waals surface area contributed by atoms with Crippen LogP contribution < -0.4 is 0 Å². The zero-order valence-electron chi connectivity index (χ0n) is 11.0. The molecule has 1 atom stereocenters. The maximum absolute atomic E-state index is 11.9. The van der Waals surface area contributed by atoms with E-state index in [9.17, 15) is 9.59 Å². The molecule has 1 aliphatic rings. The molecule has 19 heavy (non-hydrogen) atoms. The van der Waals surface area contributed by atoms with Crippen LogP contribution in [0.5, 0.6) is 0 Å². The molecule has 0 spiro atoms. The second-order valence-electron chi connectivity index (χ2n) is 5.04. The van der Waals surface area contributed by atoms with Crippen LogP contribution in [0.2, 0.25) is 0 Å². The highest BCUT2D eigenvalue weighted by atomic mass is 16.4. The van der Waals surface area contributed by atoms with Gasteiger partial charge in [-0.2, -0.15) is 0 Å². The van der Waals surface area contributed by atoms with Gasteiger partial charge in [-0.1, -0.05) is 6.92 Å². The first-order chi connectivity index (χ1) is 9.08. The lowest BCUT2D eigenvalue weighted by atomic mass is 9.87. The molecule has 1 unspecified atom stereocenters. The number of aliphatic carboxylic acids is 1. The third kappa shape index (κ3) is 3.30. The van der Waals surface area contributed by atoms with Crippen molar-refractivity contribution in [3.05, 3.63) is 30.1 Å². The first kappa shape index (κ1) is 13.5. The van der Waals surface area contributed by atoms with Gasteiger partial charge >= 0.3 is 5.97 Å². The fourth-order valence-corrected chi connectivity index (χ4v) is 2.19. The highest BCUT2D eigenvalue weighted by molar-refractivity contribution is 5.78. The van der Waals surface area contributed by atoms with E-state index in [-0.39, 0.29) is 17.7 Å². The van der Waals surface area contributed by atoms with Crippen molar-refractivity contribution >= 4 is 11.9 Å². The van der Waals surface area contributed by atoms with E-state index >= 15 is 0 Å². The fraction of sp³-hybridized carbons (Fsp3) is 0.500. The van der Waals surface area contributed by atoms with Crippen LogP contribution in [0.1, 0.15) is 18.9 Å². The third-order valence-electron chi connectivity index (χ3n) is 3.74. The zero-order valence-corrected chi connectivity index (χ0v) is 11.0. The summed E-state index contributed by atoms with van der Waals surface area (Å²) in [6.07, 6.45) is 4.61.